The first-order chi connectivity index (χ1) is 11.0. The van der Waals surface area contributed by atoms with Gasteiger partial charge in [-0.25, -0.2) is 0 Å². The van der Waals surface area contributed by atoms with Crippen molar-refractivity contribution >= 4 is 11.6 Å². The highest BCUT2D eigenvalue weighted by molar-refractivity contribution is 5.93. The molecule has 0 aliphatic carbocycles. The Morgan fingerprint density at radius 2 is 2.26 bits per heavy atom. The average Bonchev–Trinajstić information content (AvgIpc) is 2.96. The maximum absolute atomic E-state index is 12.4. The van der Waals surface area contributed by atoms with Gasteiger partial charge in [0.05, 0.1) is 19.1 Å². The molecule has 0 spiro atoms. The molecular formula is C18H28N2O3. The molecule has 1 fully saturated rings. The fraction of sp³-hybridized carbons (Fsp3) is 0.611. The zero-order chi connectivity index (χ0) is 16.8. The summed E-state index contributed by atoms with van der Waals surface area (Å²) in [5.74, 6) is 1.38. The van der Waals surface area contributed by atoms with Crippen LogP contribution in [-0.4, -0.2) is 42.2 Å². The first-order valence-electron chi connectivity index (χ1n) is 8.43. The van der Waals surface area contributed by atoms with Crippen molar-refractivity contribution in [3.8, 4) is 5.75 Å². The minimum absolute atomic E-state index is 0.0397. The Bertz CT molecular complexity index is 531. The predicted octanol–water partition coefficient (Wildman–Crippen LogP) is 2.49. The van der Waals surface area contributed by atoms with Crippen molar-refractivity contribution in [2.24, 2.45) is 11.8 Å². The summed E-state index contributed by atoms with van der Waals surface area (Å²) in [5, 5.41) is 12.4. The SMILES string of the molecule is CCOc1ccc(NC(=O)C2CCN(CC(C)C)C2)cc1CO. The van der Waals surface area contributed by atoms with E-state index in [-0.39, 0.29) is 18.4 Å². The highest BCUT2D eigenvalue weighted by atomic mass is 16.5. The number of rotatable bonds is 7. The molecule has 1 atom stereocenters. The molecule has 128 valence electrons. The van der Waals surface area contributed by atoms with E-state index < -0.39 is 0 Å². The average molecular weight is 320 g/mol. The van der Waals surface area contributed by atoms with Crippen molar-refractivity contribution in [3.63, 3.8) is 0 Å². The van der Waals surface area contributed by atoms with E-state index in [0.717, 1.165) is 26.1 Å². The van der Waals surface area contributed by atoms with E-state index in [1.807, 2.05) is 13.0 Å². The summed E-state index contributed by atoms with van der Waals surface area (Å²) in [5.41, 5.74) is 1.40. The molecule has 1 aliphatic heterocycles. The summed E-state index contributed by atoms with van der Waals surface area (Å²) in [7, 11) is 0. The Morgan fingerprint density at radius 1 is 1.48 bits per heavy atom. The lowest BCUT2D eigenvalue weighted by Gasteiger charge is -2.18. The van der Waals surface area contributed by atoms with Crippen LogP contribution in [0.4, 0.5) is 5.69 Å². The number of hydrogen-bond acceptors (Lipinski definition) is 4. The molecule has 5 nitrogen and oxygen atoms in total. The van der Waals surface area contributed by atoms with Crippen molar-refractivity contribution in [2.45, 2.75) is 33.8 Å². The number of aliphatic hydroxyl groups excluding tert-OH is 1. The van der Waals surface area contributed by atoms with Gasteiger partial charge in [0, 0.05) is 24.3 Å². The summed E-state index contributed by atoms with van der Waals surface area (Å²) in [4.78, 5) is 14.8. The van der Waals surface area contributed by atoms with Crippen LogP contribution in [0.5, 0.6) is 5.75 Å². The van der Waals surface area contributed by atoms with Crippen molar-refractivity contribution in [1.29, 1.82) is 0 Å². The van der Waals surface area contributed by atoms with E-state index in [4.69, 9.17) is 4.74 Å². The van der Waals surface area contributed by atoms with Crippen LogP contribution < -0.4 is 10.1 Å². The maximum atomic E-state index is 12.4. The highest BCUT2D eigenvalue weighted by Gasteiger charge is 2.28. The van der Waals surface area contributed by atoms with E-state index in [1.165, 1.54) is 0 Å². The molecule has 2 rings (SSSR count). The maximum Gasteiger partial charge on any atom is 0.228 e. The zero-order valence-corrected chi connectivity index (χ0v) is 14.3. The molecule has 0 radical (unpaired) electrons. The molecule has 0 saturated carbocycles. The number of carbonyl (C=O) groups excluding carboxylic acids is 1. The normalized spacial score (nSPS) is 18.4. The Balaban J connectivity index is 1.95. The van der Waals surface area contributed by atoms with Gasteiger partial charge in [0.1, 0.15) is 5.75 Å². The number of nitrogens with one attached hydrogen (secondary N) is 1. The van der Waals surface area contributed by atoms with Crippen molar-refractivity contribution in [2.75, 3.05) is 31.6 Å². The van der Waals surface area contributed by atoms with Crippen LogP contribution in [0.3, 0.4) is 0 Å². The number of amides is 1. The molecule has 0 bridgehead atoms. The van der Waals surface area contributed by atoms with Gasteiger partial charge in [-0.2, -0.15) is 0 Å². The van der Waals surface area contributed by atoms with E-state index in [9.17, 15) is 9.90 Å². The number of anilines is 1. The molecule has 1 aromatic rings. The van der Waals surface area contributed by atoms with Crippen LogP contribution >= 0.6 is 0 Å². The molecule has 23 heavy (non-hydrogen) atoms. The third-order valence-electron chi connectivity index (χ3n) is 4.06. The van der Waals surface area contributed by atoms with Crippen LogP contribution in [-0.2, 0) is 11.4 Å². The fourth-order valence-electron chi connectivity index (χ4n) is 3.05. The number of hydrogen-bond donors (Lipinski definition) is 2. The number of nitrogens with zero attached hydrogens (tertiary/aromatic N) is 1. The monoisotopic (exact) mass is 320 g/mol. The Labute approximate surface area is 138 Å². The minimum Gasteiger partial charge on any atom is -0.494 e. The summed E-state index contributed by atoms with van der Waals surface area (Å²) in [6.07, 6.45) is 0.905. The fourth-order valence-corrected chi connectivity index (χ4v) is 3.05. The van der Waals surface area contributed by atoms with Crippen LogP contribution in [0.1, 0.15) is 32.8 Å². The van der Waals surface area contributed by atoms with Gasteiger partial charge in [-0.1, -0.05) is 13.8 Å². The Kier molecular flexibility index (Phi) is 6.42. The van der Waals surface area contributed by atoms with E-state index in [0.29, 0.717) is 29.5 Å². The predicted molar refractivity (Wildman–Crippen MR) is 91.5 cm³/mol. The smallest absolute Gasteiger partial charge is 0.228 e. The molecule has 1 unspecified atom stereocenters. The van der Waals surface area contributed by atoms with Gasteiger partial charge in [-0.15, -0.1) is 0 Å². The van der Waals surface area contributed by atoms with Gasteiger partial charge in [-0.3, -0.25) is 4.79 Å². The van der Waals surface area contributed by atoms with Crippen molar-refractivity contribution in [1.82, 2.24) is 4.90 Å². The lowest BCUT2D eigenvalue weighted by molar-refractivity contribution is -0.119. The molecule has 1 heterocycles. The van der Waals surface area contributed by atoms with E-state index >= 15 is 0 Å². The quantitative estimate of drug-likeness (QED) is 0.810. The standard InChI is InChI=1S/C18H28N2O3/c1-4-23-17-6-5-16(9-15(17)12-21)19-18(22)14-7-8-20(11-14)10-13(2)3/h5-6,9,13-14,21H,4,7-8,10-12H2,1-3H3,(H,19,22). The summed E-state index contributed by atoms with van der Waals surface area (Å²) in [6, 6.07) is 5.40. The first-order valence-corrected chi connectivity index (χ1v) is 8.43. The lowest BCUT2D eigenvalue weighted by atomic mass is 10.1. The summed E-state index contributed by atoms with van der Waals surface area (Å²) >= 11 is 0. The molecule has 5 heteroatoms. The third kappa shape index (κ3) is 4.94. The topological polar surface area (TPSA) is 61.8 Å². The van der Waals surface area contributed by atoms with Gasteiger partial charge in [0.15, 0.2) is 0 Å². The second-order valence-electron chi connectivity index (χ2n) is 6.54. The van der Waals surface area contributed by atoms with Crippen LogP contribution in [0.25, 0.3) is 0 Å². The van der Waals surface area contributed by atoms with E-state index in [1.54, 1.807) is 12.1 Å². The van der Waals surface area contributed by atoms with Crippen LogP contribution in [0.15, 0.2) is 18.2 Å². The molecule has 0 aromatic heterocycles. The summed E-state index contributed by atoms with van der Waals surface area (Å²) in [6.45, 7) is 9.60. The number of aliphatic hydroxyl groups is 1. The molecule has 1 saturated heterocycles. The van der Waals surface area contributed by atoms with Gasteiger partial charge in [-0.05, 0) is 44.0 Å². The van der Waals surface area contributed by atoms with Crippen LogP contribution in [0, 0.1) is 11.8 Å². The lowest BCUT2D eigenvalue weighted by Crippen LogP contribution is -2.29. The van der Waals surface area contributed by atoms with Gasteiger partial charge < -0.3 is 20.1 Å². The van der Waals surface area contributed by atoms with Gasteiger partial charge in [0.2, 0.25) is 5.91 Å². The molecular weight excluding hydrogens is 292 g/mol. The Hall–Kier alpha value is -1.59. The van der Waals surface area contributed by atoms with E-state index in [2.05, 4.69) is 24.1 Å². The van der Waals surface area contributed by atoms with Crippen molar-refractivity contribution in [3.05, 3.63) is 23.8 Å². The largest absolute Gasteiger partial charge is 0.494 e. The number of ether oxygens (including phenoxy) is 1. The first kappa shape index (κ1) is 17.8. The van der Waals surface area contributed by atoms with Crippen molar-refractivity contribution < 1.29 is 14.6 Å². The molecule has 1 amide bonds. The molecule has 1 aliphatic rings. The molecule has 2 N–H and O–H groups in total. The number of carbonyl (C=O) groups is 1. The highest BCUT2D eigenvalue weighted by Crippen LogP contribution is 2.25. The van der Waals surface area contributed by atoms with Gasteiger partial charge in [0.25, 0.3) is 0 Å². The Morgan fingerprint density at radius 3 is 2.91 bits per heavy atom. The second kappa shape index (κ2) is 8.31. The summed E-state index contributed by atoms with van der Waals surface area (Å²) < 4.78 is 5.46. The number of benzene rings is 1. The minimum atomic E-state index is -0.107. The number of likely N-dealkylation sites (tertiary alicyclic amines) is 1. The van der Waals surface area contributed by atoms with Crippen LogP contribution in [0.2, 0.25) is 0 Å². The second-order valence-corrected chi connectivity index (χ2v) is 6.54. The molecule has 1 aromatic carbocycles. The zero-order valence-electron chi connectivity index (χ0n) is 14.3. The van der Waals surface area contributed by atoms with Gasteiger partial charge >= 0.3 is 0 Å². The third-order valence-corrected chi connectivity index (χ3v) is 4.06.